The van der Waals surface area contributed by atoms with Crippen LogP contribution >= 0.6 is 0 Å². The van der Waals surface area contributed by atoms with Crippen molar-refractivity contribution in [3.8, 4) is 5.69 Å². The second kappa shape index (κ2) is 7.81. The van der Waals surface area contributed by atoms with Gasteiger partial charge in [0.1, 0.15) is 12.7 Å². The van der Waals surface area contributed by atoms with E-state index in [1.165, 1.54) is 17.3 Å². The maximum absolute atomic E-state index is 13.0. The molecule has 1 unspecified atom stereocenters. The lowest BCUT2D eigenvalue weighted by molar-refractivity contribution is -0.143. The normalized spacial score (nSPS) is 13.2. The number of hydrogen-bond acceptors (Lipinski definition) is 3. The van der Waals surface area contributed by atoms with E-state index in [0.717, 1.165) is 0 Å². The van der Waals surface area contributed by atoms with Crippen molar-refractivity contribution in [1.82, 2.24) is 20.1 Å². The van der Waals surface area contributed by atoms with Crippen molar-refractivity contribution in [2.45, 2.75) is 25.3 Å². The van der Waals surface area contributed by atoms with E-state index < -0.39 is 41.0 Å². The van der Waals surface area contributed by atoms with Gasteiger partial charge in [0, 0.05) is 5.56 Å². The lowest BCUT2D eigenvalue weighted by atomic mass is 10.0. The van der Waals surface area contributed by atoms with Crippen LogP contribution in [0.2, 0.25) is 0 Å². The first-order valence-corrected chi connectivity index (χ1v) is 8.50. The molecule has 0 saturated carbocycles. The minimum atomic E-state index is -5.03. The molecule has 1 atom stereocenters. The number of aromatic nitrogens is 3. The predicted molar refractivity (Wildman–Crippen MR) is 93.7 cm³/mol. The molecule has 0 aliphatic carbocycles. The van der Waals surface area contributed by atoms with E-state index in [2.05, 4.69) is 15.4 Å². The third-order valence-corrected chi connectivity index (χ3v) is 4.27. The molecule has 1 N–H and O–H groups in total. The Morgan fingerprint density at radius 2 is 1.53 bits per heavy atom. The van der Waals surface area contributed by atoms with Gasteiger partial charge >= 0.3 is 12.4 Å². The average Bonchev–Trinajstić information content (AvgIpc) is 3.21. The van der Waals surface area contributed by atoms with Crippen LogP contribution in [0.5, 0.6) is 0 Å². The van der Waals surface area contributed by atoms with Crippen molar-refractivity contribution in [2.75, 3.05) is 0 Å². The van der Waals surface area contributed by atoms with Crippen molar-refractivity contribution in [2.24, 2.45) is 0 Å². The fourth-order valence-corrected chi connectivity index (χ4v) is 2.71. The number of carbonyl (C=O) groups is 1. The van der Waals surface area contributed by atoms with Gasteiger partial charge in [0.15, 0.2) is 0 Å². The molecule has 0 fully saturated rings. The lowest BCUT2D eigenvalue weighted by Gasteiger charge is -2.17. The number of amides is 1. The highest BCUT2D eigenvalue weighted by Gasteiger charge is 2.37. The van der Waals surface area contributed by atoms with Gasteiger partial charge in [-0.3, -0.25) is 4.79 Å². The van der Waals surface area contributed by atoms with Crippen LogP contribution in [-0.4, -0.2) is 20.7 Å². The van der Waals surface area contributed by atoms with Gasteiger partial charge in [-0.15, -0.1) is 0 Å². The summed E-state index contributed by atoms with van der Waals surface area (Å²) in [7, 11) is 0. The van der Waals surface area contributed by atoms with Crippen molar-refractivity contribution in [1.29, 1.82) is 0 Å². The van der Waals surface area contributed by atoms with Crippen LogP contribution in [0.3, 0.4) is 0 Å². The number of alkyl halides is 6. The molecular weight excluding hydrogens is 414 g/mol. The second-order valence-electron chi connectivity index (χ2n) is 6.42. The highest BCUT2D eigenvalue weighted by Crippen LogP contribution is 2.36. The van der Waals surface area contributed by atoms with Gasteiger partial charge in [0.05, 0.1) is 22.9 Å². The minimum Gasteiger partial charge on any atom is -0.346 e. The Morgan fingerprint density at radius 3 is 2.00 bits per heavy atom. The smallest absolute Gasteiger partial charge is 0.346 e. The molecule has 11 heteroatoms. The van der Waals surface area contributed by atoms with Gasteiger partial charge in [-0.1, -0.05) is 12.1 Å². The number of benzene rings is 2. The van der Waals surface area contributed by atoms with Gasteiger partial charge in [0.2, 0.25) is 0 Å². The standard InChI is InChI=1S/C19H14F6N4O/c1-11(12-2-4-16(5-3-12)29-10-26-9-27-29)28-17(30)13-6-14(18(20,21)22)8-15(7-13)19(23,24)25/h2-11H,1H3,(H,28,30). The van der Waals surface area contributed by atoms with Crippen molar-refractivity contribution in [3.63, 3.8) is 0 Å². The molecule has 0 radical (unpaired) electrons. The van der Waals surface area contributed by atoms with Crippen LogP contribution in [0, 0.1) is 0 Å². The molecule has 1 heterocycles. The fraction of sp³-hybridized carbons (Fsp3) is 0.211. The molecule has 0 aliphatic rings. The Balaban J connectivity index is 1.82. The van der Waals surface area contributed by atoms with Gasteiger partial charge in [-0.2, -0.15) is 31.4 Å². The van der Waals surface area contributed by atoms with Gasteiger partial charge < -0.3 is 5.32 Å². The second-order valence-corrected chi connectivity index (χ2v) is 6.42. The van der Waals surface area contributed by atoms with Crippen molar-refractivity contribution in [3.05, 3.63) is 77.4 Å². The van der Waals surface area contributed by atoms with Crippen LogP contribution in [0.15, 0.2) is 55.1 Å². The van der Waals surface area contributed by atoms with E-state index in [0.29, 0.717) is 23.4 Å². The van der Waals surface area contributed by atoms with E-state index >= 15 is 0 Å². The van der Waals surface area contributed by atoms with Gasteiger partial charge in [0.25, 0.3) is 5.91 Å². The predicted octanol–water partition coefficient (Wildman–Crippen LogP) is 4.80. The summed E-state index contributed by atoms with van der Waals surface area (Å²) in [6, 6.07) is 6.74. The summed E-state index contributed by atoms with van der Waals surface area (Å²) in [5.41, 5.74) is -2.56. The molecule has 158 valence electrons. The maximum Gasteiger partial charge on any atom is 0.416 e. The van der Waals surface area contributed by atoms with E-state index in [1.54, 1.807) is 31.2 Å². The summed E-state index contributed by atoms with van der Waals surface area (Å²) >= 11 is 0. The molecule has 30 heavy (non-hydrogen) atoms. The quantitative estimate of drug-likeness (QED) is 0.608. The number of nitrogens with zero attached hydrogens (tertiary/aromatic N) is 3. The van der Waals surface area contributed by atoms with Gasteiger partial charge in [-0.25, -0.2) is 9.67 Å². The zero-order valence-corrected chi connectivity index (χ0v) is 15.3. The number of carbonyl (C=O) groups excluding carboxylic acids is 1. The number of hydrogen-bond donors (Lipinski definition) is 1. The van der Waals surface area contributed by atoms with E-state index in [1.807, 2.05) is 0 Å². The third kappa shape index (κ3) is 4.78. The summed E-state index contributed by atoms with van der Waals surface area (Å²) in [4.78, 5) is 16.2. The number of nitrogens with one attached hydrogen (secondary N) is 1. The highest BCUT2D eigenvalue weighted by atomic mass is 19.4. The fourth-order valence-electron chi connectivity index (χ4n) is 2.71. The minimum absolute atomic E-state index is 0.0247. The Kier molecular flexibility index (Phi) is 5.55. The molecule has 1 aromatic heterocycles. The average molecular weight is 428 g/mol. The third-order valence-electron chi connectivity index (χ3n) is 4.27. The molecule has 0 saturated heterocycles. The van der Waals surface area contributed by atoms with Crippen LogP contribution in [0.4, 0.5) is 26.3 Å². The molecule has 1 amide bonds. The Morgan fingerprint density at radius 1 is 0.967 bits per heavy atom. The summed E-state index contributed by atoms with van der Waals surface area (Å²) in [6.45, 7) is 1.56. The molecule has 2 aromatic carbocycles. The molecule has 0 bridgehead atoms. The molecule has 3 aromatic rings. The van der Waals surface area contributed by atoms with Crippen LogP contribution in [0.25, 0.3) is 5.69 Å². The summed E-state index contributed by atoms with van der Waals surface area (Å²) < 4.78 is 79.3. The summed E-state index contributed by atoms with van der Waals surface area (Å²) in [5.74, 6) is -1.06. The zero-order valence-electron chi connectivity index (χ0n) is 15.3. The molecule has 5 nitrogen and oxygen atoms in total. The van der Waals surface area contributed by atoms with Crippen LogP contribution in [0.1, 0.15) is 40.0 Å². The summed E-state index contributed by atoms with van der Waals surface area (Å²) in [5, 5.41) is 6.37. The first-order chi connectivity index (χ1) is 13.9. The van der Waals surface area contributed by atoms with E-state index in [9.17, 15) is 31.1 Å². The first-order valence-electron chi connectivity index (χ1n) is 8.50. The Bertz CT molecular complexity index is 994. The topological polar surface area (TPSA) is 59.8 Å². The SMILES string of the molecule is CC(NC(=O)c1cc(C(F)(F)F)cc(C(F)(F)F)c1)c1ccc(-n2cncn2)cc1. The summed E-state index contributed by atoms with van der Waals surface area (Å²) in [6.07, 6.45) is -7.23. The maximum atomic E-state index is 13.0. The Hall–Kier alpha value is -3.37. The van der Waals surface area contributed by atoms with Crippen LogP contribution in [-0.2, 0) is 12.4 Å². The van der Waals surface area contributed by atoms with Gasteiger partial charge in [-0.05, 0) is 42.8 Å². The molecular formula is C19H14F6N4O. The molecule has 0 aliphatic heterocycles. The zero-order chi connectivity index (χ0) is 22.1. The lowest BCUT2D eigenvalue weighted by Crippen LogP contribution is -2.27. The van der Waals surface area contributed by atoms with E-state index in [-0.39, 0.29) is 6.07 Å². The first kappa shape index (κ1) is 21.3. The van der Waals surface area contributed by atoms with E-state index in [4.69, 9.17) is 0 Å². The molecule has 0 spiro atoms. The number of rotatable bonds is 4. The number of halogens is 6. The largest absolute Gasteiger partial charge is 0.416 e. The van der Waals surface area contributed by atoms with Crippen molar-refractivity contribution >= 4 is 5.91 Å². The van der Waals surface area contributed by atoms with Crippen LogP contribution < -0.4 is 5.32 Å². The Labute approximate surface area is 166 Å². The monoisotopic (exact) mass is 428 g/mol. The highest BCUT2D eigenvalue weighted by molar-refractivity contribution is 5.95. The van der Waals surface area contributed by atoms with Crippen molar-refractivity contribution < 1.29 is 31.1 Å². The molecule has 3 rings (SSSR count).